The van der Waals surface area contributed by atoms with Crippen molar-refractivity contribution in [3.05, 3.63) is 54.1 Å². The molecular weight excluding hydrogens is 288 g/mol. The predicted molar refractivity (Wildman–Crippen MR) is 92.6 cm³/mol. The molecule has 0 amide bonds. The molecule has 0 saturated carbocycles. The molecule has 3 heteroatoms. The number of hydrogen-bond acceptors (Lipinski definition) is 3. The lowest BCUT2D eigenvalue weighted by Crippen LogP contribution is -2.29. The van der Waals surface area contributed by atoms with Gasteiger partial charge in [0.15, 0.2) is 6.10 Å². The van der Waals surface area contributed by atoms with Gasteiger partial charge in [-0.1, -0.05) is 48.9 Å². The molecule has 0 bridgehead atoms. The summed E-state index contributed by atoms with van der Waals surface area (Å²) in [5.41, 5.74) is 3.51. The minimum absolute atomic E-state index is 0.0857. The van der Waals surface area contributed by atoms with Crippen LogP contribution >= 0.6 is 0 Å². The average Bonchev–Trinajstić information content (AvgIpc) is 2.56. The fraction of sp³-hybridized carbons (Fsp3) is 0.350. The SMILES string of the molecule is CC[C@H](C)OC(=O)[C@@H](C)Oc1ccc(-c2ccc(C)cc2)cc1. The summed E-state index contributed by atoms with van der Waals surface area (Å²) in [4.78, 5) is 11.9. The monoisotopic (exact) mass is 312 g/mol. The molecular formula is C20H24O3. The van der Waals surface area contributed by atoms with Gasteiger partial charge in [-0.3, -0.25) is 0 Å². The first kappa shape index (κ1) is 17.1. The van der Waals surface area contributed by atoms with Crippen LogP contribution in [0.15, 0.2) is 48.5 Å². The van der Waals surface area contributed by atoms with Gasteiger partial charge in [-0.25, -0.2) is 4.79 Å². The first-order chi connectivity index (χ1) is 11.0. The summed E-state index contributed by atoms with van der Waals surface area (Å²) < 4.78 is 10.9. The van der Waals surface area contributed by atoms with Gasteiger partial charge in [-0.2, -0.15) is 0 Å². The third-order valence-corrected chi connectivity index (χ3v) is 3.78. The van der Waals surface area contributed by atoms with Gasteiger partial charge in [0.25, 0.3) is 0 Å². The van der Waals surface area contributed by atoms with E-state index in [-0.39, 0.29) is 12.1 Å². The fourth-order valence-electron chi connectivity index (χ4n) is 2.10. The molecule has 0 aliphatic heterocycles. The smallest absolute Gasteiger partial charge is 0.347 e. The van der Waals surface area contributed by atoms with Gasteiger partial charge in [-0.05, 0) is 50.5 Å². The standard InChI is InChI=1S/C20H24O3/c1-5-15(3)22-20(21)16(4)23-19-12-10-18(11-13-19)17-8-6-14(2)7-9-17/h6-13,15-16H,5H2,1-4H3/t15-,16+/m0/s1. The van der Waals surface area contributed by atoms with Crippen LogP contribution < -0.4 is 4.74 Å². The van der Waals surface area contributed by atoms with Crippen molar-refractivity contribution in [3.8, 4) is 16.9 Å². The molecule has 0 aliphatic rings. The second kappa shape index (κ2) is 7.82. The van der Waals surface area contributed by atoms with Crippen LogP contribution in [0.3, 0.4) is 0 Å². The number of benzene rings is 2. The molecule has 0 N–H and O–H groups in total. The van der Waals surface area contributed by atoms with Crippen molar-refractivity contribution in [3.63, 3.8) is 0 Å². The van der Waals surface area contributed by atoms with E-state index in [1.54, 1.807) is 6.92 Å². The normalized spacial score (nSPS) is 13.2. The average molecular weight is 312 g/mol. The lowest BCUT2D eigenvalue weighted by Gasteiger charge is -2.17. The van der Waals surface area contributed by atoms with E-state index in [9.17, 15) is 4.79 Å². The highest BCUT2D eigenvalue weighted by Crippen LogP contribution is 2.23. The number of ether oxygens (including phenoxy) is 2. The topological polar surface area (TPSA) is 35.5 Å². The Balaban J connectivity index is 1.99. The quantitative estimate of drug-likeness (QED) is 0.721. The molecule has 2 atom stereocenters. The zero-order chi connectivity index (χ0) is 16.8. The Morgan fingerprint density at radius 3 is 2.00 bits per heavy atom. The van der Waals surface area contributed by atoms with E-state index in [0.29, 0.717) is 5.75 Å². The zero-order valence-electron chi connectivity index (χ0n) is 14.2. The summed E-state index contributed by atoms with van der Waals surface area (Å²) in [6.07, 6.45) is 0.0932. The van der Waals surface area contributed by atoms with Gasteiger partial charge in [0.1, 0.15) is 5.75 Å². The van der Waals surface area contributed by atoms with Gasteiger partial charge in [0, 0.05) is 0 Å². The highest BCUT2D eigenvalue weighted by Gasteiger charge is 2.18. The van der Waals surface area contributed by atoms with Crippen LogP contribution in [-0.4, -0.2) is 18.2 Å². The largest absolute Gasteiger partial charge is 0.479 e. The van der Waals surface area contributed by atoms with Crippen LogP contribution in [0.1, 0.15) is 32.8 Å². The van der Waals surface area contributed by atoms with Crippen molar-refractivity contribution in [2.45, 2.75) is 46.3 Å². The van der Waals surface area contributed by atoms with Crippen LogP contribution in [0.4, 0.5) is 0 Å². The van der Waals surface area contributed by atoms with Crippen LogP contribution in [0.2, 0.25) is 0 Å². The Hall–Kier alpha value is -2.29. The van der Waals surface area contributed by atoms with E-state index in [1.165, 1.54) is 5.56 Å². The number of carbonyl (C=O) groups excluding carboxylic acids is 1. The van der Waals surface area contributed by atoms with E-state index < -0.39 is 6.10 Å². The Bertz CT molecular complexity index is 629. The maximum absolute atomic E-state index is 11.9. The summed E-state index contributed by atoms with van der Waals surface area (Å²) in [7, 11) is 0. The summed E-state index contributed by atoms with van der Waals surface area (Å²) in [5, 5.41) is 0. The molecule has 2 aromatic carbocycles. The van der Waals surface area contributed by atoms with E-state index in [4.69, 9.17) is 9.47 Å². The van der Waals surface area contributed by atoms with E-state index in [1.807, 2.05) is 38.1 Å². The Labute approximate surface area is 138 Å². The lowest BCUT2D eigenvalue weighted by molar-refractivity contribution is -0.155. The minimum Gasteiger partial charge on any atom is -0.479 e. The molecule has 0 fully saturated rings. The van der Waals surface area contributed by atoms with Gasteiger partial charge >= 0.3 is 5.97 Å². The van der Waals surface area contributed by atoms with Crippen molar-refractivity contribution >= 4 is 5.97 Å². The minimum atomic E-state index is -0.616. The van der Waals surface area contributed by atoms with Gasteiger partial charge in [-0.15, -0.1) is 0 Å². The molecule has 0 spiro atoms. The van der Waals surface area contributed by atoms with Crippen LogP contribution in [0, 0.1) is 6.92 Å². The second-order valence-electron chi connectivity index (χ2n) is 5.81. The Kier molecular flexibility index (Phi) is 5.80. The highest BCUT2D eigenvalue weighted by atomic mass is 16.6. The van der Waals surface area contributed by atoms with Crippen molar-refractivity contribution in [2.24, 2.45) is 0 Å². The first-order valence-corrected chi connectivity index (χ1v) is 8.04. The first-order valence-electron chi connectivity index (χ1n) is 8.04. The number of aryl methyl sites for hydroxylation is 1. The molecule has 0 unspecified atom stereocenters. The molecule has 0 radical (unpaired) electrons. The molecule has 0 aliphatic carbocycles. The second-order valence-corrected chi connectivity index (χ2v) is 5.81. The number of rotatable bonds is 6. The van der Waals surface area contributed by atoms with Crippen LogP contribution in [0.5, 0.6) is 5.75 Å². The number of esters is 1. The van der Waals surface area contributed by atoms with Gasteiger partial charge in [0.2, 0.25) is 0 Å². The predicted octanol–water partition coefficient (Wildman–Crippen LogP) is 4.77. The number of hydrogen-bond donors (Lipinski definition) is 0. The lowest BCUT2D eigenvalue weighted by atomic mass is 10.0. The molecule has 122 valence electrons. The van der Waals surface area contributed by atoms with Crippen LogP contribution in [0.25, 0.3) is 11.1 Å². The van der Waals surface area contributed by atoms with Crippen molar-refractivity contribution in [1.29, 1.82) is 0 Å². The summed E-state index contributed by atoms with van der Waals surface area (Å²) in [5.74, 6) is 0.330. The fourth-order valence-corrected chi connectivity index (χ4v) is 2.10. The third kappa shape index (κ3) is 4.85. The van der Waals surface area contributed by atoms with Crippen LogP contribution in [-0.2, 0) is 9.53 Å². The van der Waals surface area contributed by atoms with E-state index in [0.717, 1.165) is 17.5 Å². The molecule has 3 nitrogen and oxygen atoms in total. The maximum atomic E-state index is 11.9. The molecule has 0 saturated heterocycles. The van der Waals surface area contributed by atoms with Crippen molar-refractivity contribution in [1.82, 2.24) is 0 Å². The maximum Gasteiger partial charge on any atom is 0.347 e. The third-order valence-electron chi connectivity index (χ3n) is 3.78. The molecule has 23 heavy (non-hydrogen) atoms. The summed E-state index contributed by atoms with van der Waals surface area (Å²) in [6, 6.07) is 16.1. The zero-order valence-corrected chi connectivity index (χ0v) is 14.2. The van der Waals surface area contributed by atoms with E-state index >= 15 is 0 Å². The van der Waals surface area contributed by atoms with Gasteiger partial charge < -0.3 is 9.47 Å². The molecule has 2 aromatic rings. The van der Waals surface area contributed by atoms with Gasteiger partial charge in [0.05, 0.1) is 6.10 Å². The Morgan fingerprint density at radius 2 is 1.48 bits per heavy atom. The Morgan fingerprint density at radius 1 is 0.957 bits per heavy atom. The highest BCUT2D eigenvalue weighted by molar-refractivity contribution is 5.75. The summed E-state index contributed by atoms with van der Waals surface area (Å²) in [6.45, 7) is 7.63. The molecule has 0 aromatic heterocycles. The number of carbonyl (C=O) groups is 1. The van der Waals surface area contributed by atoms with Crippen molar-refractivity contribution in [2.75, 3.05) is 0 Å². The molecule has 0 heterocycles. The summed E-state index contributed by atoms with van der Waals surface area (Å²) >= 11 is 0. The molecule has 2 rings (SSSR count). The van der Waals surface area contributed by atoms with E-state index in [2.05, 4.69) is 31.2 Å². The van der Waals surface area contributed by atoms with Crippen molar-refractivity contribution < 1.29 is 14.3 Å².